The van der Waals surface area contributed by atoms with E-state index in [-0.39, 0.29) is 47.2 Å². The van der Waals surface area contributed by atoms with Gasteiger partial charge in [0.25, 0.3) is 0 Å². The molecule has 0 aromatic heterocycles. The number of carbonyl (C=O) groups is 2. The molecule has 1 heterocycles. The lowest BCUT2D eigenvalue weighted by Gasteiger charge is -2.31. The molecular formula is C18H34IN5O2. The average Bonchev–Trinajstić information content (AvgIpc) is 3.27. The van der Waals surface area contributed by atoms with Gasteiger partial charge in [0, 0.05) is 53.2 Å². The Morgan fingerprint density at radius 2 is 1.92 bits per heavy atom. The third kappa shape index (κ3) is 5.47. The van der Waals surface area contributed by atoms with Crippen LogP contribution in [0.5, 0.6) is 0 Å². The van der Waals surface area contributed by atoms with Crippen LogP contribution in [-0.2, 0) is 9.59 Å². The first kappa shape index (κ1) is 23.0. The molecule has 1 unspecified atom stereocenters. The number of guanidine groups is 1. The summed E-state index contributed by atoms with van der Waals surface area (Å²) in [7, 11) is 5.40. The first-order valence-electron chi connectivity index (χ1n) is 9.38. The number of carbonyl (C=O) groups excluding carboxylic acids is 2. The minimum atomic E-state index is -0.318. The van der Waals surface area contributed by atoms with Crippen molar-refractivity contribution < 1.29 is 9.59 Å². The largest absolute Gasteiger partial charge is 0.355 e. The van der Waals surface area contributed by atoms with Crippen LogP contribution in [0.15, 0.2) is 4.99 Å². The zero-order valence-electron chi connectivity index (χ0n) is 16.5. The SMILES string of the molecule is CCC(=O)N1CCC(NC(=NC)NCC2(C(=O)N(C)C)CCCC2)C1.I. The lowest BCUT2D eigenvalue weighted by atomic mass is 9.84. The van der Waals surface area contributed by atoms with E-state index in [0.717, 1.165) is 45.2 Å². The summed E-state index contributed by atoms with van der Waals surface area (Å²) in [4.78, 5) is 32.4. The van der Waals surface area contributed by atoms with E-state index in [2.05, 4.69) is 15.6 Å². The number of rotatable bonds is 5. The zero-order chi connectivity index (χ0) is 18.4. The number of nitrogens with zero attached hydrogens (tertiary/aromatic N) is 3. The second-order valence-corrected chi connectivity index (χ2v) is 7.44. The molecule has 2 fully saturated rings. The molecule has 7 nitrogen and oxygen atoms in total. The lowest BCUT2D eigenvalue weighted by molar-refractivity contribution is -0.138. The Kier molecular flexibility index (Phi) is 9.12. The van der Waals surface area contributed by atoms with E-state index in [1.54, 1.807) is 11.9 Å². The van der Waals surface area contributed by atoms with Crippen molar-refractivity contribution in [1.29, 1.82) is 0 Å². The maximum Gasteiger partial charge on any atom is 0.230 e. The number of halogens is 1. The first-order chi connectivity index (χ1) is 11.9. The van der Waals surface area contributed by atoms with Gasteiger partial charge in [0.1, 0.15) is 0 Å². The van der Waals surface area contributed by atoms with Crippen LogP contribution in [0.4, 0.5) is 0 Å². The first-order valence-corrected chi connectivity index (χ1v) is 9.38. The number of hydrogen-bond donors (Lipinski definition) is 2. The van der Waals surface area contributed by atoms with Crippen LogP contribution in [0, 0.1) is 5.41 Å². The molecule has 26 heavy (non-hydrogen) atoms. The molecular weight excluding hydrogens is 445 g/mol. The third-order valence-corrected chi connectivity index (χ3v) is 5.42. The summed E-state index contributed by atoms with van der Waals surface area (Å²) >= 11 is 0. The highest BCUT2D eigenvalue weighted by molar-refractivity contribution is 14.0. The number of aliphatic imine (C=N–C) groups is 1. The fraction of sp³-hybridized carbons (Fsp3) is 0.833. The van der Waals surface area contributed by atoms with Gasteiger partial charge >= 0.3 is 0 Å². The van der Waals surface area contributed by atoms with E-state index in [1.807, 2.05) is 25.9 Å². The highest BCUT2D eigenvalue weighted by Crippen LogP contribution is 2.38. The van der Waals surface area contributed by atoms with Crippen LogP contribution in [0.3, 0.4) is 0 Å². The topological polar surface area (TPSA) is 77.0 Å². The molecule has 0 radical (unpaired) electrons. The maximum atomic E-state index is 12.6. The molecule has 2 amide bonds. The van der Waals surface area contributed by atoms with Gasteiger partial charge in [0.2, 0.25) is 11.8 Å². The molecule has 150 valence electrons. The van der Waals surface area contributed by atoms with E-state index >= 15 is 0 Å². The van der Waals surface area contributed by atoms with E-state index in [1.165, 1.54) is 0 Å². The number of amides is 2. The minimum absolute atomic E-state index is 0. The summed E-state index contributed by atoms with van der Waals surface area (Å²) < 4.78 is 0. The fourth-order valence-corrected chi connectivity index (χ4v) is 3.96. The van der Waals surface area contributed by atoms with Gasteiger partial charge in [-0.1, -0.05) is 19.8 Å². The van der Waals surface area contributed by atoms with Crippen molar-refractivity contribution in [3.05, 3.63) is 0 Å². The van der Waals surface area contributed by atoms with Crippen molar-refractivity contribution in [2.45, 2.75) is 51.5 Å². The van der Waals surface area contributed by atoms with E-state index in [9.17, 15) is 9.59 Å². The summed E-state index contributed by atoms with van der Waals surface area (Å²) in [5.74, 6) is 1.12. The molecule has 0 aromatic carbocycles. The second-order valence-electron chi connectivity index (χ2n) is 7.44. The standard InChI is InChI=1S/C18H33N5O2.HI/c1-5-15(24)23-11-8-14(12-23)21-17(19-2)20-13-18(9-6-7-10-18)16(25)22(3)4;/h14H,5-13H2,1-4H3,(H2,19,20,21);1H. The normalized spacial score (nSPS) is 21.9. The predicted molar refractivity (Wildman–Crippen MR) is 115 cm³/mol. The summed E-state index contributed by atoms with van der Waals surface area (Å²) in [5.41, 5.74) is -0.318. The van der Waals surface area contributed by atoms with Gasteiger partial charge in [-0.25, -0.2) is 0 Å². The zero-order valence-corrected chi connectivity index (χ0v) is 18.8. The highest BCUT2D eigenvalue weighted by Gasteiger charge is 2.42. The van der Waals surface area contributed by atoms with E-state index < -0.39 is 0 Å². The Morgan fingerprint density at radius 1 is 1.27 bits per heavy atom. The van der Waals surface area contributed by atoms with Gasteiger partial charge in [-0.15, -0.1) is 24.0 Å². The monoisotopic (exact) mass is 479 g/mol. The van der Waals surface area contributed by atoms with Crippen molar-refractivity contribution in [2.24, 2.45) is 10.4 Å². The van der Waals surface area contributed by atoms with Crippen molar-refractivity contribution in [1.82, 2.24) is 20.4 Å². The van der Waals surface area contributed by atoms with Crippen LogP contribution >= 0.6 is 24.0 Å². The molecule has 1 saturated heterocycles. The van der Waals surface area contributed by atoms with Gasteiger partial charge in [-0.2, -0.15) is 0 Å². The molecule has 0 bridgehead atoms. The van der Waals surface area contributed by atoms with E-state index in [0.29, 0.717) is 18.9 Å². The van der Waals surface area contributed by atoms with Gasteiger partial charge in [-0.3, -0.25) is 14.6 Å². The van der Waals surface area contributed by atoms with Gasteiger partial charge in [0.15, 0.2) is 5.96 Å². The lowest BCUT2D eigenvalue weighted by Crippen LogP contribution is -2.51. The van der Waals surface area contributed by atoms with Crippen molar-refractivity contribution in [3.8, 4) is 0 Å². The van der Waals surface area contributed by atoms with Crippen LogP contribution in [-0.4, -0.2) is 74.4 Å². The Balaban J connectivity index is 0.00000338. The van der Waals surface area contributed by atoms with Crippen LogP contribution in [0.2, 0.25) is 0 Å². The molecule has 0 aromatic rings. The third-order valence-electron chi connectivity index (χ3n) is 5.42. The molecule has 0 spiro atoms. The summed E-state index contributed by atoms with van der Waals surface area (Å²) in [5, 5.41) is 6.76. The average molecular weight is 479 g/mol. The number of hydrogen-bond acceptors (Lipinski definition) is 3. The second kappa shape index (κ2) is 10.3. The Bertz CT molecular complexity index is 518. The van der Waals surface area contributed by atoms with Crippen LogP contribution in [0.25, 0.3) is 0 Å². The minimum Gasteiger partial charge on any atom is -0.355 e. The van der Waals surface area contributed by atoms with Gasteiger partial charge in [-0.05, 0) is 19.3 Å². The molecule has 2 N–H and O–H groups in total. The smallest absolute Gasteiger partial charge is 0.230 e. The van der Waals surface area contributed by atoms with Crippen LogP contribution < -0.4 is 10.6 Å². The molecule has 2 rings (SSSR count). The Labute approximate surface area is 174 Å². The fourth-order valence-electron chi connectivity index (χ4n) is 3.96. The van der Waals surface area contributed by atoms with Gasteiger partial charge < -0.3 is 20.4 Å². The van der Waals surface area contributed by atoms with Crippen LogP contribution in [0.1, 0.15) is 45.4 Å². The molecule has 1 saturated carbocycles. The maximum absolute atomic E-state index is 12.6. The Morgan fingerprint density at radius 3 is 2.46 bits per heavy atom. The van der Waals surface area contributed by atoms with Crippen molar-refractivity contribution in [3.63, 3.8) is 0 Å². The van der Waals surface area contributed by atoms with Crippen molar-refractivity contribution >= 4 is 41.8 Å². The highest BCUT2D eigenvalue weighted by atomic mass is 127. The van der Waals surface area contributed by atoms with E-state index in [4.69, 9.17) is 0 Å². The predicted octanol–water partition coefficient (Wildman–Crippen LogP) is 1.43. The molecule has 8 heteroatoms. The molecule has 2 aliphatic rings. The quantitative estimate of drug-likeness (QED) is 0.356. The van der Waals surface area contributed by atoms with Gasteiger partial charge in [0.05, 0.1) is 5.41 Å². The summed E-state index contributed by atoms with van der Waals surface area (Å²) in [6.45, 7) is 4.01. The molecule has 1 aliphatic carbocycles. The molecule has 1 aliphatic heterocycles. The Hall–Kier alpha value is -1.06. The summed E-state index contributed by atoms with van der Waals surface area (Å²) in [6.07, 6.45) is 5.53. The number of likely N-dealkylation sites (tertiary alicyclic amines) is 1. The number of nitrogens with one attached hydrogen (secondary N) is 2. The van der Waals surface area contributed by atoms with Crippen molar-refractivity contribution in [2.75, 3.05) is 40.8 Å². The molecule has 1 atom stereocenters. The summed E-state index contributed by atoms with van der Waals surface area (Å²) in [6, 6.07) is 0.214.